The van der Waals surface area contributed by atoms with Gasteiger partial charge in [0.1, 0.15) is 0 Å². The Labute approximate surface area is 110 Å². The number of carbonyl (C=O) groups is 1. The summed E-state index contributed by atoms with van der Waals surface area (Å²) >= 11 is 0. The molecule has 0 aliphatic rings. The van der Waals surface area contributed by atoms with Gasteiger partial charge in [0.25, 0.3) is 0 Å². The Morgan fingerprint density at radius 2 is 1.78 bits per heavy atom. The second kappa shape index (κ2) is 10.2. The van der Waals surface area contributed by atoms with E-state index >= 15 is 0 Å². The molecule has 0 aliphatic carbocycles. The largest absolute Gasteiger partial charge is 0.500 e. The maximum absolute atomic E-state index is 10.8. The highest BCUT2D eigenvalue weighted by atomic mass is 28.4. The molecule has 0 heterocycles. The van der Waals surface area contributed by atoms with Crippen LogP contribution >= 0.6 is 0 Å². The number of nitrogens with one attached hydrogen (secondary N) is 2. The van der Waals surface area contributed by atoms with Gasteiger partial charge in [0.15, 0.2) is 0 Å². The van der Waals surface area contributed by atoms with E-state index in [1.54, 1.807) is 21.3 Å². The van der Waals surface area contributed by atoms with E-state index in [1.807, 2.05) is 0 Å². The standard InChI is InChI=1S/C11H24N2O4Si/c1-5-11(14)13-9-8-12-7-6-10-18(15-2,16-3)17-4/h5,12H,1,6-10H2,2-4H3,(H,13,14). The molecule has 0 aromatic carbocycles. The first-order valence-corrected chi connectivity index (χ1v) is 7.83. The summed E-state index contributed by atoms with van der Waals surface area (Å²) in [6.45, 7) is 5.52. The second-order valence-corrected chi connectivity index (χ2v) is 6.73. The van der Waals surface area contributed by atoms with Crippen molar-refractivity contribution in [2.75, 3.05) is 41.0 Å². The molecule has 0 spiro atoms. The molecule has 0 unspecified atom stereocenters. The number of carbonyl (C=O) groups excluding carboxylic acids is 1. The van der Waals surface area contributed by atoms with Crippen LogP contribution in [0.3, 0.4) is 0 Å². The molecule has 106 valence electrons. The molecule has 0 aliphatic heterocycles. The molecule has 0 fully saturated rings. The number of rotatable bonds is 11. The van der Waals surface area contributed by atoms with E-state index in [2.05, 4.69) is 17.2 Å². The zero-order valence-electron chi connectivity index (χ0n) is 11.5. The highest BCUT2D eigenvalue weighted by Crippen LogP contribution is 2.14. The summed E-state index contributed by atoms with van der Waals surface area (Å²) in [5, 5.41) is 5.90. The van der Waals surface area contributed by atoms with Crippen molar-refractivity contribution in [2.24, 2.45) is 0 Å². The van der Waals surface area contributed by atoms with Crippen molar-refractivity contribution in [2.45, 2.75) is 12.5 Å². The van der Waals surface area contributed by atoms with Gasteiger partial charge in [-0.2, -0.15) is 0 Å². The topological polar surface area (TPSA) is 68.8 Å². The average Bonchev–Trinajstić information content (AvgIpc) is 2.42. The lowest BCUT2D eigenvalue weighted by atomic mass is 10.4. The van der Waals surface area contributed by atoms with Crippen LogP contribution in [-0.2, 0) is 18.1 Å². The van der Waals surface area contributed by atoms with Crippen LogP contribution in [0.1, 0.15) is 6.42 Å². The monoisotopic (exact) mass is 276 g/mol. The Hall–Kier alpha value is -0.733. The fourth-order valence-corrected chi connectivity index (χ4v) is 3.18. The van der Waals surface area contributed by atoms with Gasteiger partial charge in [-0.25, -0.2) is 0 Å². The third-order valence-electron chi connectivity index (χ3n) is 2.56. The van der Waals surface area contributed by atoms with Crippen LogP contribution in [0.4, 0.5) is 0 Å². The van der Waals surface area contributed by atoms with Crippen LogP contribution in [0.25, 0.3) is 0 Å². The molecule has 18 heavy (non-hydrogen) atoms. The highest BCUT2D eigenvalue weighted by Gasteiger charge is 2.36. The molecule has 2 N–H and O–H groups in total. The Bertz CT molecular complexity index is 239. The molecule has 0 atom stereocenters. The first kappa shape index (κ1) is 17.3. The van der Waals surface area contributed by atoms with E-state index in [0.29, 0.717) is 6.54 Å². The van der Waals surface area contributed by atoms with Gasteiger partial charge in [-0.1, -0.05) is 6.58 Å². The molecule has 0 rings (SSSR count). The zero-order chi connectivity index (χ0) is 13.9. The van der Waals surface area contributed by atoms with Crippen LogP contribution < -0.4 is 10.6 Å². The summed E-state index contributed by atoms with van der Waals surface area (Å²) < 4.78 is 15.9. The number of hydrogen-bond donors (Lipinski definition) is 2. The Morgan fingerprint density at radius 1 is 1.17 bits per heavy atom. The predicted octanol–water partition coefficient (Wildman–Crippen LogP) is 0.146. The Balaban J connectivity index is 3.55. The molecule has 1 amide bonds. The molecular weight excluding hydrogens is 252 g/mol. The van der Waals surface area contributed by atoms with Gasteiger partial charge in [0, 0.05) is 40.5 Å². The molecule has 0 radical (unpaired) electrons. The summed E-state index contributed by atoms with van der Waals surface area (Å²) in [5.74, 6) is -0.152. The van der Waals surface area contributed by atoms with Crippen LogP contribution in [-0.4, -0.2) is 55.7 Å². The quantitative estimate of drug-likeness (QED) is 0.319. The molecule has 6 nitrogen and oxygen atoms in total. The van der Waals surface area contributed by atoms with E-state index in [0.717, 1.165) is 25.6 Å². The SMILES string of the molecule is C=CC(=O)NCCNCCC[Si](OC)(OC)OC. The second-order valence-electron chi connectivity index (χ2n) is 3.64. The normalized spacial score (nSPS) is 11.3. The summed E-state index contributed by atoms with van der Waals surface area (Å²) in [5.41, 5.74) is 0. The third kappa shape index (κ3) is 6.87. The van der Waals surface area contributed by atoms with Crippen molar-refractivity contribution in [1.29, 1.82) is 0 Å². The van der Waals surface area contributed by atoms with Crippen molar-refractivity contribution in [3.05, 3.63) is 12.7 Å². The molecular formula is C11H24N2O4Si. The predicted molar refractivity (Wildman–Crippen MR) is 72.3 cm³/mol. The molecule has 0 aromatic rings. The van der Waals surface area contributed by atoms with Gasteiger partial charge in [-0.15, -0.1) is 0 Å². The summed E-state index contributed by atoms with van der Waals surface area (Å²) in [6, 6.07) is 0.766. The average molecular weight is 276 g/mol. The van der Waals surface area contributed by atoms with Crippen LogP contribution in [0.15, 0.2) is 12.7 Å². The van der Waals surface area contributed by atoms with Crippen LogP contribution in [0.5, 0.6) is 0 Å². The zero-order valence-corrected chi connectivity index (χ0v) is 12.5. The van der Waals surface area contributed by atoms with Gasteiger partial charge in [0.05, 0.1) is 0 Å². The minimum Gasteiger partial charge on any atom is -0.377 e. The lowest BCUT2D eigenvalue weighted by Gasteiger charge is -2.24. The summed E-state index contributed by atoms with van der Waals surface area (Å²) in [4.78, 5) is 10.8. The van der Waals surface area contributed by atoms with E-state index < -0.39 is 8.80 Å². The number of amides is 1. The highest BCUT2D eigenvalue weighted by molar-refractivity contribution is 6.60. The fraction of sp³-hybridized carbons (Fsp3) is 0.727. The van der Waals surface area contributed by atoms with Crippen molar-refractivity contribution >= 4 is 14.7 Å². The minimum absolute atomic E-state index is 0.152. The molecule has 7 heteroatoms. The van der Waals surface area contributed by atoms with Gasteiger partial charge in [-0.3, -0.25) is 4.79 Å². The Kier molecular flexibility index (Phi) is 9.80. The molecule has 0 bridgehead atoms. The fourth-order valence-electron chi connectivity index (χ4n) is 1.46. The summed E-state index contributed by atoms with van der Waals surface area (Å²) in [6.07, 6.45) is 2.16. The first-order chi connectivity index (χ1) is 8.64. The van der Waals surface area contributed by atoms with E-state index in [-0.39, 0.29) is 5.91 Å². The smallest absolute Gasteiger partial charge is 0.377 e. The molecule has 0 saturated heterocycles. The van der Waals surface area contributed by atoms with Gasteiger partial charge >= 0.3 is 8.80 Å². The van der Waals surface area contributed by atoms with E-state index in [9.17, 15) is 4.79 Å². The van der Waals surface area contributed by atoms with Crippen molar-refractivity contribution in [1.82, 2.24) is 10.6 Å². The van der Waals surface area contributed by atoms with Crippen molar-refractivity contribution in [3.63, 3.8) is 0 Å². The number of hydrogen-bond acceptors (Lipinski definition) is 5. The van der Waals surface area contributed by atoms with Gasteiger partial charge in [0.2, 0.25) is 5.91 Å². The first-order valence-electron chi connectivity index (χ1n) is 5.90. The maximum Gasteiger partial charge on any atom is 0.500 e. The minimum atomic E-state index is -2.43. The van der Waals surface area contributed by atoms with E-state index in [4.69, 9.17) is 13.3 Å². The van der Waals surface area contributed by atoms with Gasteiger partial charge < -0.3 is 23.9 Å². The lowest BCUT2D eigenvalue weighted by molar-refractivity contribution is -0.116. The Morgan fingerprint density at radius 3 is 2.28 bits per heavy atom. The van der Waals surface area contributed by atoms with E-state index in [1.165, 1.54) is 6.08 Å². The van der Waals surface area contributed by atoms with Crippen molar-refractivity contribution < 1.29 is 18.1 Å². The van der Waals surface area contributed by atoms with Crippen molar-refractivity contribution in [3.8, 4) is 0 Å². The third-order valence-corrected chi connectivity index (χ3v) is 5.39. The lowest BCUT2D eigenvalue weighted by Crippen LogP contribution is -2.43. The van der Waals surface area contributed by atoms with Crippen LogP contribution in [0, 0.1) is 0 Å². The van der Waals surface area contributed by atoms with Gasteiger partial charge in [-0.05, 0) is 19.0 Å². The molecule has 0 aromatic heterocycles. The summed E-state index contributed by atoms with van der Waals surface area (Å²) in [7, 11) is 2.39. The molecule has 0 saturated carbocycles. The maximum atomic E-state index is 10.8. The van der Waals surface area contributed by atoms with Crippen LogP contribution in [0.2, 0.25) is 6.04 Å².